The smallest absolute Gasteiger partial charge is 0.0494 e. The van der Waals surface area contributed by atoms with E-state index in [0.29, 0.717) is 5.88 Å². The van der Waals surface area contributed by atoms with Crippen LogP contribution in [0.15, 0.2) is 6.07 Å². The van der Waals surface area contributed by atoms with E-state index in [1.165, 1.54) is 11.1 Å². The Bertz CT molecular complexity index is 281. The minimum Gasteiger partial charge on any atom is -0.258 e. The monoisotopic (exact) mass is 183 g/mol. The molecule has 66 valence electrons. The predicted molar refractivity (Wildman–Crippen MR) is 52.6 cm³/mol. The molecule has 1 heterocycles. The van der Waals surface area contributed by atoms with Crippen molar-refractivity contribution in [3.8, 4) is 0 Å². The maximum Gasteiger partial charge on any atom is 0.0494 e. The van der Waals surface area contributed by atoms with Crippen LogP contribution in [0.2, 0.25) is 0 Å². The lowest BCUT2D eigenvalue weighted by atomic mass is 10.1. The first-order chi connectivity index (χ1) is 5.69. The molecule has 0 bridgehead atoms. The van der Waals surface area contributed by atoms with E-state index in [9.17, 15) is 0 Å². The molecule has 0 amide bonds. The molecule has 0 aromatic carbocycles. The second-order valence-corrected chi connectivity index (χ2v) is 3.26. The van der Waals surface area contributed by atoms with Gasteiger partial charge in [0.2, 0.25) is 0 Å². The van der Waals surface area contributed by atoms with Crippen molar-refractivity contribution in [2.75, 3.05) is 0 Å². The molecule has 0 radical (unpaired) electrons. The van der Waals surface area contributed by atoms with Crippen molar-refractivity contribution in [1.82, 2.24) is 4.98 Å². The third-order valence-electron chi connectivity index (χ3n) is 2.03. The molecule has 1 aromatic rings. The quantitative estimate of drug-likeness (QED) is 0.643. The highest BCUT2D eigenvalue weighted by Crippen LogP contribution is 2.16. The summed E-state index contributed by atoms with van der Waals surface area (Å²) in [6.45, 7) is 6.22. The Morgan fingerprint density at radius 1 is 1.42 bits per heavy atom. The first-order valence-electron chi connectivity index (χ1n) is 4.21. The van der Waals surface area contributed by atoms with Crippen molar-refractivity contribution in [3.05, 3.63) is 28.6 Å². The van der Waals surface area contributed by atoms with Gasteiger partial charge in [0.1, 0.15) is 0 Å². The number of nitrogens with zero attached hydrogens (tertiary/aromatic N) is 1. The molecule has 12 heavy (non-hydrogen) atoms. The summed E-state index contributed by atoms with van der Waals surface area (Å²) in [5, 5.41) is 0. The van der Waals surface area contributed by atoms with Gasteiger partial charge in [-0.25, -0.2) is 0 Å². The van der Waals surface area contributed by atoms with Crippen LogP contribution in [0.5, 0.6) is 0 Å². The molecule has 0 fully saturated rings. The lowest BCUT2D eigenvalue weighted by Gasteiger charge is -2.08. The number of rotatable bonds is 2. The van der Waals surface area contributed by atoms with Crippen LogP contribution in [0.4, 0.5) is 0 Å². The van der Waals surface area contributed by atoms with Crippen LogP contribution >= 0.6 is 11.6 Å². The maximum atomic E-state index is 5.83. The van der Waals surface area contributed by atoms with Crippen molar-refractivity contribution >= 4 is 11.6 Å². The fourth-order valence-corrected chi connectivity index (χ4v) is 1.78. The lowest BCUT2D eigenvalue weighted by molar-refractivity contribution is 0.963. The van der Waals surface area contributed by atoms with Crippen molar-refractivity contribution in [1.29, 1.82) is 0 Å². The molecular formula is C10H14ClN. The molecule has 0 saturated heterocycles. The van der Waals surface area contributed by atoms with E-state index in [4.69, 9.17) is 11.6 Å². The summed E-state index contributed by atoms with van der Waals surface area (Å²) in [6, 6.07) is 2.08. The number of pyridine rings is 1. The minimum absolute atomic E-state index is 0.572. The van der Waals surface area contributed by atoms with Crippen molar-refractivity contribution in [3.63, 3.8) is 0 Å². The third-order valence-corrected chi connectivity index (χ3v) is 2.30. The second kappa shape index (κ2) is 3.90. The summed E-state index contributed by atoms with van der Waals surface area (Å²) >= 11 is 5.83. The number of halogens is 1. The maximum absolute atomic E-state index is 5.83. The summed E-state index contributed by atoms with van der Waals surface area (Å²) < 4.78 is 0. The van der Waals surface area contributed by atoms with Gasteiger partial charge in [-0.05, 0) is 37.5 Å². The zero-order valence-electron chi connectivity index (χ0n) is 7.82. The van der Waals surface area contributed by atoms with Gasteiger partial charge in [0, 0.05) is 17.3 Å². The standard InChI is InChI=1S/C10H14ClN/c1-4-10-9(6-11)7(2)5-8(3)12-10/h5H,4,6H2,1-3H3. The van der Waals surface area contributed by atoms with Crippen LogP contribution in [0.3, 0.4) is 0 Å². The van der Waals surface area contributed by atoms with Gasteiger partial charge in [0.05, 0.1) is 0 Å². The number of aromatic nitrogens is 1. The van der Waals surface area contributed by atoms with Crippen LogP contribution in [-0.2, 0) is 12.3 Å². The topological polar surface area (TPSA) is 12.9 Å². The van der Waals surface area contributed by atoms with Gasteiger partial charge >= 0.3 is 0 Å². The van der Waals surface area contributed by atoms with Gasteiger partial charge in [-0.15, -0.1) is 11.6 Å². The summed E-state index contributed by atoms with van der Waals surface area (Å²) in [5.41, 5.74) is 4.68. The van der Waals surface area contributed by atoms with Gasteiger partial charge in [0.15, 0.2) is 0 Å². The molecular weight excluding hydrogens is 170 g/mol. The Morgan fingerprint density at radius 3 is 2.58 bits per heavy atom. The normalized spacial score (nSPS) is 10.3. The minimum atomic E-state index is 0.572. The van der Waals surface area contributed by atoms with E-state index in [1.807, 2.05) is 6.92 Å². The van der Waals surface area contributed by atoms with Crippen LogP contribution < -0.4 is 0 Å². The van der Waals surface area contributed by atoms with Crippen LogP contribution in [0, 0.1) is 13.8 Å². The highest BCUT2D eigenvalue weighted by molar-refractivity contribution is 6.17. The summed E-state index contributed by atoms with van der Waals surface area (Å²) in [6.07, 6.45) is 0.963. The van der Waals surface area contributed by atoms with Crippen LogP contribution in [-0.4, -0.2) is 4.98 Å². The van der Waals surface area contributed by atoms with E-state index < -0.39 is 0 Å². The summed E-state index contributed by atoms with van der Waals surface area (Å²) in [7, 11) is 0. The van der Waals surface area contributed by atoms with Crippen LogP contribution in [0.25, 0.3) is 0 Å². The Labute approximate surface area is 78.8 Å². The van der Waals surface area contributed by atoms with E-state index >= 15 is 0 Å². The molecule has 0 unspecified atom stereocenters. The number of hydrogen-bond donors (Lipinski definition) is 0. The van der Waals surface area contributed by atoms with E-state index in [-0.39, 0.29) is 0 Å². The molecule has 1 nitrogen and oxygen atoms in total. The van der Waals surface area contributed by atoms with Gasteiger partial charge in [0.25, 0.3) is 0 Å². The summed E-state index contributed by atoms with van der Waals surface area (Å²) in [4.78, 5) is 4.44. The summed E-state index contributed by atoms with van der Waals surface area (Å²) in [5.74, 6) is 0.572. The molecule has 0 aliphatic carbocycles. The fourth-order valence-electron chi connectivity index (χ4n) is 1.42. The first-order valence-corrected chi connectivity index (χ1v) is 4.74. The molecule has 0 N–H and O–H groups in total. The van der Waals surface area contributed by atoms with Crippen molar-refractivity contribution < 1.29 is 0 Å². The molecule has 0 aliphatic rings. The molecule has 2 heteroatoms. The number of alkyl halides is 1. The number of aryl methyl sites for hydroxylation is 3. The highest BCUT2D eigenvalue weighted by Gasteiger charge is 2.05. The second-order valence-electron chi connectivity index (χ2n) is 2.99. The van der Waals surface area contributed by atoms with Gasteiger partial charge < -0.3 is 0 Å². The highest BCUT2D eigenvalue weighted by atomic mass is 35.5. The van der Waals surface area contributed by atoms with Gasteiger partial charge in [-0.1, -0.05) is 6.92 Å². The molecule has 0 aliphatic heterocycles. The van der Waals surface area contributed by atoms with Crippen LogP contribution in [0.1, 0.15) is 29.4 Å². The van der Waals surface area contributed by atoms with E-state index in [2.05, 4.69) is 24.9 Å². The fraction of sp³-hybridized carbons (Fsp3) is 0.500. The third kappa shape index (κ3) is 1.78. The van der Waals surface area contributed by atoms with E-state index in [0.717, 1.165) is 17.8 Å². The van der Waals surface area contributed by atoms with E-state index in [1.54, 1.807) is 0 Å². The average Bonchev–Trinajstić information content (AvgIpc) is 2.03. The van der Waals surface area contributed by atoms with Crippen molar-refractivity contribution in [2.45, 2.75) is 33.1 Å². The lowest BCUT2D eigenvalue weighted by Crippen LogP contribution is -1.99. The largest absolute Gasteiger partial charge is 0.258 e. The molecule has 0 atom stereocenters. The predicted octanol–water partition coefficient (Wildman–Crippen LogP) is 3.00. The Balaban J connectivity index is 3.24. The first kappa shape index (κ1) is 9.53. The van der Waals surface area contributed by atoms with Gasteiger partial charge in [-0.2, -0.15) is 0 Å². The zero-order chi connectivity index (χ0) is 9.14. The Hall–Kier alpha value is -0.560. The molecule has 0 saturated carbocycles. The zero-order valence-corrected chi connectivity index (χ0v) is 8.57. The SMILES string of the molecule is CCc1nc(C)cc(C)c1CCl. The van der Waals surface area contributed by atoms with Gasteiger partial charge in [-0.3, -0.25) is 4.98 Å². The molecule has 1 aromatic heterocycles. The molecule has 1 rings (SSSR count). The Kier molecular flexibility index (Phi) is 3.10. The number of hydrogen-bond acceptors (Lipinski definition) is 1. The average molecular weight is 184 g/mol. The Morgan fingerprint density at radius 2 is 2.08 bits per heavy atom. The molecule has 0 spiro atoms. The van der Waals surface area contributed by atoms with Crippen molar-refractivity contribution in [2.24, 2.45) is 0 Å².